The van der Waals surface area contributed by atoms with Crippen molar-refractivity contribution in [3.8, 4) is 11.1 Å². The fraction of sp³-hybridized carbons (Fsp3) is 0.370. The molecule has 6 heteroatoms. The Hall–Kier alpha value is -3.41. The lowest BCUT2D eigenvalue weighted by Gasteiger charge is -2.22. The second kappa shape index (κ2) is 8.50. The van der Waals surface area contributed by atoms with Crippen molar-refractivity contribution in [1.29, 1.82) is 0 Å². The predicted molar refractivity (Wildman–Crippen MR) is 128 cm³/mol. The molecule has 2 N–H and O–H groups in total. The molecule has 6 nitrogen and oxygen atoms in total. The summed E-state index contributed by atoms with van der Waals surface area (Å²) in [6, 6.07) is 7.88. The first-order valence-electron chi connectivity index (χ1n) is 11.7. The first-order valence-corrected chi connectivity index (χ1v) is 11.7. The highest BCUT2D eigenvalue weighted by Crippen LogP contribution is 2.35. The van der Waals surface area contributed by atoms with Crippen LogP contribution < -0.4 is 5.73 Å². The second-order valence-corrected chi connectivity index (χ2v) is 9.35. The molecule has 0 spiro atoms. The molecule has 3 aromatic rings. The van der Waals surface area contributed by atoms with E-state index in [9.17, 15) is 9.59 Å². The zero-order valence-corrected chi connectivity index (χ0v) is 19.2. The zero-order chi connectivity index (χ0) is 23.1. The largest absolute Gasteiger partial charge is 0.457 e. The average molecular weight is 444 g/mol. The SMILES string of the molecule is CC(=O)C(=C(C)N)c1cnc2c(-c3ccc4c(c3)COC4=O)cn(CC3CCCCC3)c2c1. The highest BCUT2D eigenvalue weighted by atomic mass is 16.5. The number of pyridine rings is 1. The maximum Gasteiger partial charge on any atom is 0.338 e. The number of allylic oxidation sites excluding steroid dienone is 2. The number of nitrogens with two attached hydrogens (primary N) is 1. The van der Waals surface area contributed by atoms with E-state index < -0.39 is 0 Å². The van der Waals surface area contributed by atoms with E-state index in [0.717, 1.165) is 39.8 Å². The van der Waals surface area contributed by atoms with Crippen molar-refractivity contribution < 1.29 is 14.3 Å². The Bertz CT molecular complexity index is 1290. The first-order chi connectivity index (χ1) is 15.9. The lowest BCUT2D eigenvalue weighted by molar-refractivity contribution is -0.111. The minimum atomic E-state index is -0.264. The van der Waals surface area contributed by atoms with Gasteiger partial charge < -0.3 is 15.0 Å². The van der Waals surface area contributed by atoms with Crippen molar-refractivity contribution in [1.82, 2.24) is 9.55 Å². The highest BCUT2D eigenvalue weighted by molar-refractivity contribution is 6.20. The van der Waals surface area contributed by atoms with Crippen LogP contribution in [0.15, 0.2) is 42.4 Å². The minimum absolute atomic E-state index is 0.0648. The Morgan fingerprint density at radius 2 is 1.94 bits per heavy atom. The molecule has 0 amide bonds. The summed E-state index contributed by atoms with van der Waals surface area (Å²) in [6.07, 6.45) is 10.3. The molecular formula is C27H29N3O3. The van der Waals surface area contributed by atoms with Crippen molar-refractivity contribution in [2.75, 3.05) is 0 Å². The van der Waals surface area contributed by atoms with Crippen LogP contribution in [0.3, 0.4) is 0 Å². The number of ketones is 1. The van der Waals surface area contributed by atoms with Crippen LogP contribution in [0.2, 0.25) is 0 Å². The molecule has 3 heterocycles. The van der Waals surface area contributed by atoms with E-state index in [4.69, 9.17) is 15.5 Å². The number of carbonyl (C=O) groups is 2. The zero-order valence-electron chi connectivity index (χ0n) is 19.2. The number of cyclic esters (lactones) is 1. The first kappa shape index (κ1) is 21.4. The summed E-state index contributed by atoms with van der Waals surface area (Å²) in [5.41, 5.74) is 13.3. The molecule has 170 valence electrons. The van der Waals surface area contributed by atoms with Crippen LogP contribution in [0.25, 0.3) is 27.7 Å². The minimum Gasteiger partial charge on any atom is -0.457 e. The third kappa shape index (κ3) is 3.94. The van der Waals surface area contributed by atoms with E-state index >= 15 is 0 Å². The molecule has 2 aromatic heterocycles. The fourth-order valence-electron chi connectivity index (χ4n) is 5.32. The molecule has 2 aliphatic rings. The normalized spacial score (nSPS) is 17.1. The standard InChI is InChI=1S/C27H29N3O3/c1-16(28)25(17(2)31)20-11-24-26(29-12-20)23(14-30(24)13-18-6-4-3-5-7-18)19-8-9-22-21(10-19)15-33-27(22)32/h8-12,14,18H,3-7,13,15,28H2,1-2H3. The van der Waals surface area contributed by atoms with Crippen LogP contribution in [0, 0.1) is 5.92 Å². The molecule has 33 heavy (non-hydrogen) atoms. The number of benzene rings is 1. The molecule has 1 aromatic carbocycles. The quantitative estimate of drug-likeness (QED) is 0.431. The van der Waals surface area contributed by atoms with Gasteiger partial charge in [0.1, 0.15) is 6.61 Å². The number of ether oxygens (including phenoxy) is 1. The summed E-state index contributed by atoms with van der Waals surface area (Å²) >= 11 is 0. The average Bonchev–Trinajstić information content (AvgIpc) is 3.34. The van der Waals surface area contributed by atoms with Gasteiger partial charge in [0.05, 0.1) is 16.6 Å². The summed E-state index contributed by atoms with van der Waals surface area (Å²) < 4.78 is 7.47. The summed E-state index contributed by atoms with van der Waals surface area (Å²) in [7, 11) is 0. The lowest BCUT2D eigenvalue weighted by atomic mass is 9.89. The molecular weight excluding hydrogens is 414 g/mol. The topological polar surface area (TPSA) is 87.2 Å². The van der Waals surface area contributed by atoms with Gasteiger partial charge in [0, 0.05) is 46.9 Å². The number of hydrogen-bond donors (Lipinski definition) is 1. The molecule has 1 aliphatic heterocycles. The van der Waals surface area contributed by atoms with Gasteiger partial charge in [-0.05, 0) is 56.4 Å². The molecule has 1 saturated carbocycles. The van der Waals surface area contributed by atoms with E-state index in [-0.39, 0.29) is 11.8 Å². The van der Waals surface area contributed by atoms with Crippen LogP contribution in [0.1, 0.15) is 67.4 Å². The molecule has 0 unspecified atom stereocenters. The van der Waals surface area contributed by atoms with E-state index in [1.165, 1.54) is 39.0 Å². The third-order valence-electron chi connectivity index (χ3n) is 6.93. The van der Waals surface area contributed by atoms with Crippen LogP contribution in [0.4, 0.5) is 0 Å². The van der Waals surface area contributed by atoms with Gasteiger partial charge in [-0.1, -0.05) is 25.3 Å². The van der Waals surface area contributed by atoms with Crippen molar-refractivity contribution >= 4 is 28.4 Å². The number of Topliss-reactive ketones (excluding diaryl/α,β-unsaturated/α-hetero) is 1. The molecule has 0 bridgehead atoms. The van der Waals surface area contributed by atoms with Crippen molar-refractivity contribution in [2.24, 2.45) is 11.7 Å². The second-order valence-electron chi connectivity index (χ2n) is 9.35. The molecule has 1 aliphatic carbocycles. The van der Waals surface area contributed by atoms with E-state index in [1.54, 1.807) is 13.1 Å². The Labute approximate surface area is 193 Å². The third-order valence-corrected chi connectivity index (χ3v) is 6.93. The van der Waals surface area contributed by atoms with Gasteiger partial charge >= 0.3 is 5.97 Å². The number of hydrogen-bond acceptors (Lipinski definition) is 5. The van der Waals surface area contributed by atoms with Crippen molar-refractivity contribution in [3.63, 3.8) is 0 Å². The number of rotatable bonds is 5. The number of fused-ring (bicyclic) bond motifs is 2. The van der Waals surface area contributed by atoms with Crippen molar-refractivity contribution in [3.05, 3.63) is 59.0 Å². The fourth-order valence-corrected chi connectivity index (χ4v) is 5.32. The number of carbonyl (C=O) groups excluding carboxylic acids is 2. The highest BCUT2D eigenvalue weighted by Gasteiger charge is 2.23. The van der Waals surface area contributed by atoms with E-state index in [1.807, 2.05) is 24.3 Å². The summed E-state index contributed by atoms with van der Waals surface area (Å²) in [6.45, 7) is 4.52. The monoisotopic (exact) mass is 443 g/mol. The smallest absolute Gasteiger partial charge is 0.338 e. The van der Waals surface area contributed by atoms with Gasteiger partial charge in [-0.3, -0.25) is 9.78 Å². The van der Waals surface area contributed by atoms with Gasteiger partial charge in [-0.15, -0.1) is 0 Å². The van der Waals surface area contributed by atoms with Crippen molar-refractivity contribution in [2.45, 2.75) is 59.1 Å². The number of nitrogens with zero attached hydrogens (tertiary/aromatic N) is 2. The van der Waals surface area contributed by atoms with Crippen LogP contribution >= 0.6 is 0 Å². The summed E-state index contributed by atoms with van der Waals surface area (Å²) in [5, 5.41) is 0. The molecule has 0 radical (unpaired) electrons. The lowest BCUT2D eigenvalue weighted by Crippen LogP contribution is -2.13. The van der Waals surface area contributed by atoms with Crippen LogP contribution in [-0.4, -0.2) is 21.3 Å². The number of esters is 1. The number of aromatic nitrogens is 2. The van der Waals surface area contributed by atoms with Gasteiger partial charge in [0.25, 0.3) is 0 Å². The van der Waals surface area contributed by atoms with Gasteiger partial charge in [-0.25, -0.2) is 4.79 Å². The molecule has 0 saturated heterocycles. The maximum atomic E-state index is 12.3. The Kier molecular flexibility index (Phi) is 5.52. The van der Waals surface area contributed by atoms with Crippen LogP contribution in [0.5, 0.6) is 0 Å². The van der Waals surface area contributed by atoms with Crippen LogP contribution in [-0.2, 0) is 22.7 Å². The maximum absolute atomic E-state index is 12.3. The van der Waals surface area contributed by atoms with Gasteiger partial charge in [0.15, 0.2) is 5.78 Å². The summed E-state index contributed by atoms with van der Waals surface area (Å²) in [5.74, 6) is 0.306. The Balaban J connectivity index is 1.64. The Morgan fingerprint density at radius 3 is 2.67 bits per heavy atom. The van der Waals surface area contributed by atoms with Gasteiger partial charge in [-0.2, -0.15) is 0 Å². The predicted octanol–water partition coefficient (Wildman–Crippen LogP) is 5.23. The summed E-state index contributed by atoms with van der Waals surface area (Å²) in [4.78, 5) is 29.0. The molecule has 1 fully saturated rings. The van der Waals surface area contributed by atoms with E-state index in [0.29, 0.717) is 29.4 Å². The molecule has 5 rings (SSSR count). The Morgan fingerprint density at radius 1 is 1.15 bits per heavy atom. The van der Waals surface area contributed by atoms with Gasteiger partial charge in [0.2, 0.25) is 0 Å². The molecule has 0 atom stereocenters. The van der Waals surface area contributed by atoms with E-state index in [2.05, 4.69) is 10.8 Å².